The van der Waals surface area contributed by atoms with E-state index in [0.717, 1.165) is 23.2 Å². The third-order valence-corrected chi connectivity index (χ3v) is 5.13. The molecule has 6 heteroatoms. The maximum atomic E-state index is 12.2. The van der Waals surface area contributed by atoms with Crippen molar-refractivity contribution in [2.24, 2.45) is 5.92 Å². The van der Waals surface area contributed by atoms with Crippen molar-refractivity contribution in [3.8, 4) is 17.0 Å². The van der Waals surface area contributed by atoms with Gasteiger partial charge in [0.05, 0.1) is 5.69 Å². The Labute approximate surface area is 174 Å². The van der Waals surface area contributed by atoms with Gasteiger partial charge in [-0.2, -0.15) is 0 Å². The fourth-order valence-electron chi connectivity index (χ4n) is 2.82. The summed E-state index contributed by atoms with van der Waals surface area (Å²) in [5, 5.41) is 5.93. The molecule has 1 N–H and O–H groups in total. The predicted molar refractivity (Wildman–Crippen MR) is 116 cm³/mol. The first-order valence-electron chi connectivity index (χ1n) is 9.14. The Hall–Kier alpha value is -2.37. The molecule has 146 valence electrons. The normalized spacial score (nSPS) is 10.9. The molecule has 1 amide bonds. The van der Waals surface area contributed by atoms with Crippen LogP contribution in [0.2, 0.25) is 5.02 Å². The van der Waals surface area contributed by atoms with Crippen molar-refractivity contribution in [3.63, 3.8) is 0 Å². The maximum Gasteiger partial charge on any atom is 0.264 e. The van der Waals surface area contributed by atoms with Gasteiger partial charge < -0.3 is 4.74 Å². The Morgan fingerprint density at radius 2 is 1.96 bits per heavy atom. The van der Waals surface area contributed by atoms with Crippen LogP contribution < -0.4 is 10.1 Å². The topological polar surface area (TPSA) is 51.2 Å². The lowest BCUT2D eigenvalue weighted by Crippen LogP contribution is -2.20. The molecule has 28 heavy (non-hydrogen) atoms. The molecule has 0 spiro atoms. The van der Waals surface area contributed by atoms with Crippen LogP contribution in [0.25, 0.3) is 11.3 Å². The first kappa shape index (κ1) is 20.4. The minimum Gasteiger partial charge on any atom is -0.483 e. The van der Waals surface area contributed by atoms with E-state index in [2.05, 4.69) is 48.4 Å². The molecule has 1 aromatic heterocycles. The molecule has 0 aliphatic carbocycles. The Morgan fingerprint density at radius 1 is 1.21 bits per heavy atom. The minimum absolute atomic E-state index is 0.0821. The predicted octanol–water partition coefficient (Wildman–Crippen LogP) is 5.99. The molecule has 0 aliphatic heterocycles. The Morgan fingerprint density at radius 3 is 2.64 bits per heavy atom. The van der Waals surface area contributed by atoms with Gasteiger partial charge in [0.15, 0.2) is 11.7 Å². The van der Waals surface area contributed by atoms with Gasteiger partial charge in [-0.15, -0.1) is 11.3 Å². The number of nitrogens with one attached hydrogen (secondary N) is 1. The van der Waals surface area contributed by atoms with Crippen molar-refractivity contribution in [2.45, 2.75) is 27.2 Å². The summed E-state index contributed by atoms with van der Waals surface area (Å²) in [6.45, 7) is 6.22. The minimum atomic E-state index is -0.248. The number of carbonyl (C=O) groups excluding carboxylic acids is 1. The number of rotatable bonds is 7. The molecule has 2 aromatic carbocycles. The number of carbonyl (C=O) groups is 1. The molecule has 0 radical (unpaired) electrons. The number of ether oxygens (including phenoxy) is 1. The molecule has 0 bridgehead atoms. The van der Waals surface area contributed by atoms with Crippen LogP contribution in [0.4, 0.5) is 5.13 Å². The molecular weight excluding hydrogens is 392 g/mol. The zero-order chi connectivity index (χ0) is 20.1. The maximum absolute atomic E-state index is 12.2. The standard InChI is InChI=1S/C22H23ClN2O2S/c1-14(2)10-16-4-6-17(7-5-16)19-13-28-22(24-19)25-21(26)12-27-20-9-8-18(23)11-15(20)3/h4-9,11,13-14H,10,12H2,1-3H3,(H,24,25,26). The van der Waals surface area contributed by atoms with Crippen molar-refractivity contribution < 1.29 is 9.53 Å². The summed E-state index contributed by atoms with van der Waals surface area (Å²) in [6.07, 6.45) is 1.06. The van der Waals surface area contributed by atoms with E-state index in [1.54, 1.807) is 18.2 Å². The van der Waals surface area contributed by atoms with Crippen molar-refractivity contribution >= 4 is 34.0 Å². The average molecular weight is 415 g/mol. The smallest absolute Gasteiger partial charge is 0.264 e. The highest BCUT2D eigenvalue weighted by atomic mass is 35.5. The van der Waals surface area contributed by atoms with Gasteiger partial charge in [-0.3, -0.25) is 10.1 Å². The third-order valence-electron chi connectivity index (χ3n) is 4.14. The first-order valence-corrected chi connectivity index (χ1v) is 10.4. The van der Waals surface area contributed by atoms with Gasteiger partial charge in [-0.25, -0.2) is 4.98 Å². The van der Waals surface area contributed by atoms with Gasteiger partial charge in [0.2, 0.25) is 0 Å². The zero-order valence-corrected chi connectivity index (χ0v) is 17.7. The van der Waals surface area contributed by atoms with E-state index in [0.29, 0.717) is 21.8 Å². The molecule has 3 aromatic rings. The molecular formula is C22H23ClN2O2S. The van der Waals surface area contributed by atoms with Gasteiger partial charge in [-0.1, -0.05) is 49.7 Å². The molecule has 4 nitrogen and oxygen atoms in total. The molecule has 0 saturated heterocycles. The molecule has 3 rings (SSSR count). The largest absolute Gasteiger partial charge is 0.483 e. The fraction of sp³-hybridized carbons (Fsp3) is 0.273. The highest BCUT2D eigenvalue weighted by molar-refractivity contribution is 7.14. The number of hydrogen-bond acceptors (Lipinski definition) is 4. The Kier molecular flexibility index (Phi) is 6.70. The second kappa shape index (κ2) is 9.22. The number of benzene rings is 2. The van der Waals surface area contributed by atoms with Gasteiger partial charge >= 0.3 is 0 Å². The quantitative estimate of drug-likeness (QED) is 0.516. The second-order valence-electron chi connectivity index (χ2n) is 7.08. The van der Waals surface area contributed by atoms with Crippen LogP contribution in [0.1, 0.15) is 25.0 Å². The number of hydrogen-bond donors (Lipinski definition) is 1. The van der Waals surface area contributed by atoms with E-state index in [1.807, 2.05) is 12.3 Å². The van der Waals surface area contributed by atoms with Crippen LogP contribution in [0.5, 0.6) is 5.75 Å². The fourth-order valence-corrected chi connectivity index (χ4v) is 3.78. The van der Waals surface area contributed by atoms with E-state index >= 15 is 0 Å². The molecule has 1 heterocycles. The van der Waals surface area contributed by atoms with Crippen LogP contribution in [-0.2, 0) is 11.2 Å². The summed E-state index contributed by atoms with van der Waals surface area (Å²) in [5.41, 5.74) is 4.10. The first-order chi connectivity index (χ1) is 13.4. The lowest BCUT2D eigenvalue weighted by atomic mass is 10.0. The molecule has 0 atom stereocenters. The number of aromatic nitrogens is 1. The Balaban J connectivity index is 1.57. The van der Waals surface area contributed by atoms with Crippen molar-refractivity contribution in [1.29, 1.82) is 0 Å². The second-order valence-corrected chi connectivity index (χ2v) is 8.37. The number of nitrogens with zero attached hydrogens (tertiary/aromatic N) is 1. The van der Waals surface area contributed by atoms with Crippen molar-refractivity contribution in [3.05, 3.63) is 64.0 Å². The summed E-state index contributed by atoms with van der Waals surface area (Å²) in [4.78, 5) is 16.7. The summed E-state index contributed by atoms with van der Waals surface area (Å²) < 4.78 is 5.57. The van der Waals surface area contributed by atoms with Gasteiger partial charge in [0.25, 0.3) is 5.91 Å². The molecule has 0 fully saturated rings. The molecule has 0 saturated carbocycles. The van der Waals surface area contributed by atoms with Gasteiger partial charge in [0, 0.05) is 16.0 Å². The van der Waals surface area contributed by atoms with E-state index in [-0.39, 0.29) is 12.5 Å². The lowest BCUT2D eigenvalue weighted by molar-refractivity contribution is -0.118. The van der Waals surface area contributed by atoms with Crippen LogP contribution in [0.15, 0.2) is 47.8 Å². The van der Waals surface area contributed by atoms with Crippen LogP contribution in [-0.4, -0.2) is 17.5 Å². The molecule has 0 aliphatic rings. The van der Waals surface area contributed by atoms with Crippen LogP contribution in [0, 0.1) is 12.8 Å². The summed E-state index contributed by atoms with van der Waals surface area (Å²) in [6, 6.07) is 13.7. The van der Waals surface area contributed by atoms with E-state index < -0.39 is 0 Å². The summed E-state index contributed by atoms with van der Waals surface area (Å²) in [5.74, 6) is 1.02. The number of halogens is 1. The summed E-state index contributed by atoms with van der Waals surface area (Å²) in [7, 11) is 0. The number of aryl methyl sites for hydroxylation is 1. The third kappa shape index (κ3) is 5.57. The summed E-state index contributed by atoms with van der Waals surface area (Å²) >= 11 is 7.33. The lowest BCUT2D eigenvalue weighted by Gasteiger charge is -2.08. The number of amides is 1. The van der Waals surface area contributed by atoms with Crippen molar-refractivity contribution in [2.75, 3.05) is 11.9 Å². The molecule has 0 unspecified atom stereocenters. The monoisotopic (exact) mass is 414 g/mol. The SMILES string of the molecule is Cc1cc(Cl)ccc1OCC(=O)Nc1nc(-c2ccc(CC(C)C)cc2)cs1. The zero-order valence-electron chi connectivity index (χ0n) is 16.2. The van der Waals surface area contributed by atoms with Gasteiger partial charge in [0.1, 0.15) is 5.75 Å². The highest BCUT2D eigenvalue weighted by Gasteiger charge is 2.10. The van der Waals surface area contributed by atoms with Crippen LogP contribution in [0.3, 0.4) is 0 Å². The number of thiazole rings is 1. The van der Waals surface area contributed by atoms with E-state index in [1.165, 1.54) is 16.9 Å². The Bertz CT molecular complexity index is 951. The average Bonchev–Trinajstić information content (AvgIpc) is 3.09. The van der Waals surface area contributed by atoms with E-state index in [9.17, 15) is 4.79 Å². The highest BCUT2D eigenvalue weighted by Crippen LogP contribution is 2.26. The van der Waals surface area contributed by atoms with Gasteiger partial charge in [-0.05, 0) is 48.6 Å². The van der Waals surface area contributed by atoms with Crippen molar-refractivity contribution in [1.82, 2.24) is 4.98 Å². The van der Waals surface area contributed by atoms with E-state index in [4.69, 9.17) is 16.3 Å². The van der Waals surface area contributed by atoms with Crippen LogP contribution >= 0.6 is 22.9 Å². The number of anilines is 1.